The summed E-state index contributed by atoms with van der Waals surface area (Å²) in [5, 5.41) is 10.1. The van der Waals surface area contributed by atoms with Crippen LogP contribution in [0, 0.1) is 18.8 Å². The Balaban J connectivity index is 2.84. The molecule has 1 N–H and O–H groups in total. The van der Waals surface area contributed by atoms with Gasteiger partial charge in [0, 0.05) is 11.8 Å². The third-order valence-electron chi connectivity index (χ3n) is 3.12. The average molecular weight is 353 g/mol. The number of rotatable bonds is 0. The van der Waals surface area contributed by atoms with Gasteiger partial charge in [0.15, 0.2) is 0 Å². The lowest BCUT2D eigenvalue weighted by atomic mass is 9.99. The van der Waals surface area contributed by atoms with E-state index >= 15 is 0 Å². The first-order chi connectivity index (χ1) is 7.45. The van der Waals surface area contributed by atoms with Crippen molar-refractivity contribution in [1.29, 1.82) is 0 Å². The predicted molar refractivity (Wildman–Crippen MR) is 67.0 cm³/mol. The summed E-state index contributed by atoms with van der Waals surface area (Å²) in [5.74, 6) is 0. The molecule has 0 bridgehead atoms. The molecule has 1 heterocycles. The van der Waals surface area contributed by atoms with Crippen LogP contribution in [0.5, 0.6) is 0 Å². The van der Waals surface area contributed by atoms with E-state index in [1.165, 1.54) is 0 Å². The molecule has 0 saturated heterocycles. The van der Waals surface area contributed by atoms with Crippen molar-refractivity contribution < 1.29 is 9.63 Å². The summed E-state index contributed by atoms with van der Waals surface area (Å²) in [6, 6.07) is 0. The van der Waals surface area contributed by atoms with Crippen molar-refractivity contribution in [3.8, 4) is 0 Å². The molecule has 1 aliphatic rings. The standard InChI is InChI=1S/C10H13Br2N2O2/c1-5-6(2)14(16)10-8(12)4-3-7(11)9(10)13(5)15/h7-8,15H,3-4H2,1-2H3/q+1/t7-,8-/m0/s1. The number of hydrogen-bond acceptors (Lipinski definition) is 2. The second kappa shape index (κ2) is 4.14. The molecule has 6 heteroatoms. The topological polar surface area (TPSA) is 48.1 Å². The van der Waals surface area contributed by atoms with Gasteiger partial charge in [0.1, 0.15) is 16.2 Å². The van der Waals surface area contributed by atoms with Crippen molar-refractivity contribution >= 4 is 31.9 Å². The molecule has 0 unspecified atom stereocenters. The first-order valence-corrected chi connectivity index (χ1v) is 6.94. The Morgan fingerprint density at radius 1 is 1.31 bits per heavy atom. The minimum absolute atomic E-state index is 0.00602. The number of halogens is 2. The van der Waals surface area contributed by atoms with Crippen molar-refractivity contribution in [2.75, 3.05) is 0 Å². The maximum Gasteiger partial charge on any atom is 0.277 e. The molecule has 0 aliphatic heterocycles. The smallest absolute Gasteiger partial charge is 0.277 e. The molecule has 0 spiro atoms. The van der Waals surface area contributed by atoms with E-state index in [1.807, 2.05) is 0 Å². The minimum Gasteiger partial charge on any atom is -0.428 e. The highest BCUT2D eigenvalue weighted by atomic mass is 79.9. The van der Waals surface area contributed by atoms with Crippen molar-refractivity contribution in [1.82, 2.24) is 4.73 Å². The summed E-state index contributed by atoms with van der Waals surface area (Å²) >= 11 is 7.00. The van der Waals surface area contributed by atoms with E-state index < -0.39 is 0 Å². The molecule has 1 aromatic heterocycles. The van der Waals surface area contributed by atoms with Crippen LogP contribution in [-0.2, 0) is 0 Å². The van der Waals surface area contributed by atoms with Crippen LogP contribution in [0.4, 0.5) is 0 Å². The molecule has 4 nitrogen and oxygen atoms in total. The van der Waals surface area contributed by atoms with Crippen molar-refractivity contribution in [3.05, 3.63) is 27.7 Å². The summed E-state index contributed by atoms with van der Waals surface area (Å²) in [5.41, 5.74) is 2.39. The molecule has 1 aromatic rings. The zero-order valence-corrected chi connectivity index (χ0v) is 12.2. The number of alkyl halides is 2. The Kier molecular flexibility index (Phi) is 3.13. The van der Waals surface area contributed by atoms with Gasteiger partial charge in [0.05, 0.1) is 9.25 Å². The maximum atomic E-state index is 12.1. The van der Waals surface area contributed by atoms with Gasteiger partial charge in [-0.2, -0.15) is 4.73 Å². The van der Waals surface area contributed by atoms with Gasteiger partial charge in [-0.3, -0.25) is 0 Å². The Labute approximate surface area is 110 Å². The van der Waals surface area contributed by atoms with Crippen LogP contribution in [0.3, 0.4) is 0 Å². The second-order valence-corrected chi connectivity index (χ2v) is 6.27. The van der Waals surface area contributed by atoms with Crippen LogP contribution in [0.15, 0.2) is 0 Å². The van der Waals surface area contributed by atoms with E-state index in [0.29, 0.717) is 22.8 Å². The lowest BCUT2D eigenvalue weighted by molar-refractivity contribution is -0.516. The highest BCUT2D eigenvalue weighted by Crippen LogP contribution is 2.42. The molecule has 0 fully saturated rings. The molecule has 0 aromatic carbocycles. The second-order valence-electron chi connectivity index (χ2n) is 4.06. The normalized spacial score (nSPS) is 24.2. The molecule has 2 rings (SSSR count). The van der Waals surface area contributed by atoms with Gasteiger partial charge in [-0.1, -0.05) is 31.9 Å². The van der Waals surface area contributed by atoms with E-state index in [2.05, 4.69) is 31.9 Å². The van der Waals surface area contributed by atoms with Gasteiger partial charge >= 0.3 is 0 Å². The van der Waals surface area contributed by atoms with Crippen LogP contribution in [0.2, 0.25) is 0 Å². The molecular formula is C10H13Br2N2O2+. The summed E-state index contributed by atoms with van der Waals surface area (Å²) in [4.78, 5) is 12.1. The van der Waals surface area contributed by atoms with E-state index in [-0.39, 0.29) is 9.65 Å². The largest absolute Gasteiger partial charge is 0.428 e. The maximum absolute atomic E-state index is 12.1. The Morgan fingerprint density at radius 3 is 2.50 bits per heavy atom. The summed E-state index contributed by atoms with van der Waals surface area (Å²) in [6.45, 7) is 3.45. The fourth-order valence-corrected chi connectivity index (χ4v) is 3.40. The number of aromatic nitrogens is 2. The molecule has 1 aliphatic carbocycles. The number of fused-ring (bicyclic) bond motifs is 1. The van der Waals surface area contributed by atoms with Gasteiger partial charge in [-0.25, -0.2) is 0 Å². The predicted octanol–water partition coefficient (Wildman–Crippen LogP) is 2.92. The highest BCUT2D eigenvalue weighted by Gasteiger charge is 2.38. The van der Waals surface area contributed by atoms with Crippen molar-refractivity contribution in [2.45, 2.75) is 36.3 Å². The summed E-state index contributed by atoms with van der Waals surface area (Å²) < 4.78 is 2.05. The fourth-order valence-electron chi connectivity index (χ4n) is 2.02. The van der Waals surface area contributed by atoms with Crippen LogP contribution >= 0.6 is 31.9 Å². The van der Waals surface area contributed by atoms with Gasteiger partial charge in [-0.15, -0.1) is 0 Å². The highest BCUT2D eigenvalue weighted by molar-refractivity contribution is 9.09. The SMILES string of the molecule is Cc1c(C)[n+](=O)c2c(n1O)[C@@H](Br)CC[C@@H]2Br. The molecule has 16 heavy (non-hydrogen) atoms. The number of nitrogens with zero attached hydrogens (tertiary/aromatic N) is 2. The quantitative estimate of drug-likeness (QED) is 0.443. The van der Waals surface area contributed by atoms with Crippen LogP contribution < -0.4 is 4.43 Å². The molecule has 0 amide bonds. The fraction of sp³-hybridized carbons (Fsp3) is 0.600. The number of hydrogen-bond donors (Lipinski definition) is 1. The van der Waals surface area contributed by atoms with Crippen molar-refractivity contribution in [2.24, 2.45) is 0 Å². The Bertz CT molecular complexity index is 499. The van der Waals surface area contributed by atoms with Crippen LogP contribution in [-0.4, -0.2) is 9.94 Å². The molecular weight excluding hydrogens is 340 g/mol. The van der Waals surface area contributed by atoms with E-state index in [9.17, 15) is 10.1 Å². The van der Waals surface area contributed by atoms with Gasteiger partial charge in [-0.05, 0) is 19.8 Å². The monoisotopic (exact) mass is 351 g/mol. The zero-order valence-electron chi connectivity index (χ0n) is 9.07. The van der Waals surface area contributed by atoms with Gasteiger partial charge < -0.3 is 5.21 Å². The lowest BCUT2D eigenvalue weighted by Gasteiger charge is -2.22. The van der Waals surface area contributed by atoms with Crippen molar-refractivity contribution in [3.63, 3.8) is 0 Å². The molecule has 0 saturated carbocycles. The first-order valence-electron chi connectivity index (χ1n) is 5.11. The average Bonchev–Trinajstić information content (AvgIpc) is 2.26. The molecule has 0 radical (unpaired) electrons. The van der Waals surface area contributed by atoms with Crippen LogP contribution in [0.25, 0.3) is 0 Å². The van der Waals surface area contributed by atoms with Gasteiger partial charge in [0.25, 0.3) is 11.4 Å². The van der Waals surface area contributed by atoms with E-state index in [1.54, 1.807) is 13.8 Å². The third-order valence-corrected chi connectivity index (χ3v) is 4.91. The lowest BCUT2D eigenvalue weighted by Crippen LogP contribution is -2.35. The zero-order chi connectivity index (χ0) is 12.0. The van der Waals surface area contributed by atoms with E-state index in [0.717, 1.165) is 22.0 Å². The first kappa shape index (κ1) is 12.1. The summed E-state index contributed by atoms with van der Waals surface area (Å²) in [6.07, 6.45) is 1.78. The molecule has 2 atom stereocenters. The Hall–Kier alpha value is -0.360. The third kappa shape index (κ3) is 1.62. The Morgan fingerprint density at radius 2 is 1.88 bits per heavy atom. The van der Waals surface area contributed by atoms with E-state index in [4.69, 9.17) is 0 Å². The summed E-state index contributed by atoms with van der Waals surface area (Å²) in [7, 11) is 0. The molecule has 88 valence electrons. The minimum atomic E-state index is 0.00602. The van der Waals surface area contributed by atoms with Gasteiger partial charge in [0.2, 0.25) is 0 Å². The van der Waals surface area contributed by atoms with Crippen LogP contribution in [0.1, 0.15) is 45.3 Å².